The molecule has 0 aliphatic carbocycles. The Hall–Kier alpha value is -0.710. The lowest BCUT2D eigenvalue weighted by Crippen LogP contribution is -1.98. The van der Waals surface area contributed by atoms with Gasteiger partial charge in [-0.3, -0.25) is 4.79 Å². The molecular formula is C6H12O4. The number of carbonyl (C=O) groups excluding carboxylic acids is 1. The fraction of sp³-hybridized carbons (Fsp3) is 0.500. The molecule has 0 aliphatic heterocycles. The van der Waals surface area contributed by atoms with E-state index in [1.165, 1.54) is 6.08 Å². The van der Waals surface area contributed by atoms with E-state index in [1.54, 1.807) is 0 Å². The molecule has 0 spiro atoms. The van der Waals surface area contributed by atoms with Gasteiger partial charge in [-0.05, 0) is 6.08 Å². The van der Waals surface area contributed by atoms with Crippen molar-refractivity contribution < 1.29 is 19.7 Å². The Balaban J connectivity index is 0. The van der Waals surface area contributed by atoms with E-state index in [0.29, 0.717) is 6.29 Å². The fourth-order valence-electron chi connectivity index (χ4n) is 0.129. The number of hydrogen-bond acceptors (Lipinski definition) is 4. The molecule has 0 amide bonds. The lowest BCUT2D eigenvalue weighted by molar-refractivity contribution is -0.104. The Labute approximate surface area is 59.7 Å². The van der Waals surface area contributed by atoms with Crippen LogP contribution in [0.4, 0.5) is 0 Å². The maximum absolute atomic E-state index is 9.06. The number of aldehydes is 1. The second-order valence-electron chi connectivity index (χ2n) is 1.13. The summed E-state index contributed by atoms with van der Waals surface area (Å²) in [6.45, 7) is 3.00. The second-order valence-corrected chi connectivity index (χ2v) is 1.13. The molecule has 4 heteroatoms. The van der Waals surface area contributed by atoms with Crippen LogP contribution >= 0.6 is 0 Å². The van der Waals surface area contributed by atoms with Crippen LogP contribution in [0.15, 0.2) is 12.7 Å². The highest BCUT2D eigenvalue weighted by Gasteiger charge is 1.74. The zero-order valence-corrected chi connectivity index (χ0v) is 5.69. The van der Waals surface area contributed by atoms with Gasteiger partial charge < -0.3 is 14.9 Å². The number of ether oxygens (including phenoxy) is 1. The molecule has 0 bridgehead atoms. The summed E-state index contributed by atoms with van der Waals surface area (Å²) in [7, 11) is 0. The van der Waals surface area contributed by atoms with Crippen molar-refractivity contribution in [2.75, 3.05) is 20.0 Å². The van der Waals surface area contributed by atoms with Gasteiger partial charge in [-0.2, -0.15) is 0 Å². The van der Waals surface area contributed by atoms with E-state index in [1.807, 2.05) is 0 Å². The van der Waals surface area contributed by atoms with Gasteiger partial charge in [-0.15, -0.1) is 0 Å². The Morgan fingerprint density at radius 3 is 2.10 bits per heavy atom. The molecule has 2 N–H and O–H groups in total. The number of carbonyl (C=O) groups is 1. The third-order valence-electron chi connectivity index (χ3n) is 0.423. The van der Waals surface area contributed by atoms with Crippen LogP contribution in [-0.4, -0.2) is 36.5 Å². The highest BCUT2D eigenvalue weighted by Crippen LogP contribution is 1.63. The monoisotopic (exact) mass is 148 g/mol. The maximum atomic E-state index is 9.06. The van der Waals surface area contributed by atoms with Gasteiger partial charge in [0.15, 0.2) is 0 Å². The van der Waals surface area contributed by atoms with Crippen molar-refractivity contribution in [2.24, 2.45) is 0 Å². The van der Waals surface area contributed by atoms with Crippen LogP contribution in [0.25, 0.3) is 0 Å². The molecule has 0 aromatic heterocycles. The van der Waals surface area contributed by atoms with Crippen molar-refractivity contribution in [1.29, 1.82) is 0 Å². The van der Waals surface area contributed by atoms with Gasteiger partial charge in [0.05, 0.1) is 13.2 Å². The van der Waals surface area contributed by atoms with Crippen molar-refractivity contribution >= 4 is 6.29 Å². The number of allylic oxidation sites excluding steroid dienone is 1. The lowest BCUT2D eigenvalue weighted by Gasteiger charge is -1.90. The van der Waals surface area contributed by atoms with Crippen LogP contribution in [0.1, 0.15) is 0 Å². The second kappa shape index (κ2) is 15.7. The molecule has 0 aromatic carbocycles. The van der Waals surface area contributed by atoms with Crippen molar-refractivity contribution in [1.82, 2.24) is 0 Å². The lowest BCUT2D eigenvalue weighted by atomic mass is 10.8. The summed E-state index contributed by atoms with van der Waals surface area (Å²) in [5, 5.41) is 15.8. The molecule has 0 radical (unpaired) electrons. The summed E-state index contributed by atoms with van der Waals surface area (Å²) in [6, 6.07) is 0. The molecule has 0 heterocycles. The summed E-state index contributed by atoms with van der Waals surface area (Å²) >= 11 is 0. The molecular weight excluding hydrogens is 136 g/mol. The van der Waals surface area contributed by atoms with Crippen LogP contribution in [-0.2, 0) is 9.53 Å². The van der Waals surface area contributed by atoms with E-state index in [2.05, 4.69) is 11.3 Å². The van der Waals surface area contributed by atoms with Gasteiger partial charge in [0.1, 0.15) is 13.1 Å². The molecule has 4 nitrogen and oxygen atoms in total. The Bertz CT molecular complexity index is 62.1. The maximum Gasteiger partial charge on any atom is 0.143 e. The predicted molar refractivity (Wildman–Crippen MR) is 36.4 cm³/mol. The molecule has 0 aliphatic rings. The van der Waals surface area contributed by atoms with E-state index in [9.17, 15) is 0 Å². The van der Waals surface area contributed by atoms with E-state index < -0.39 is 0 Å². The van der Waals surface area contributed by atoms with E-state index in [4.69, 9.17) is 15.0 Å². The summed E-state index contributed by atoms with van der Waals surface area (Å²) in [5.41, 5.74) is 0. The Kier molecular flexibility index (Phi) is 18.9. The summed E-state index contributed by atoms with van der Waals surface area (Å²) < 4.78 is 4.29. The SMILES string of the molecule is C=CC=O.OCCOCO. The van der Waals surface area contributed by atoms with Gasteiger partial charge in [0, 0.05) is 0 Å². The highest BCUT2D eigenvalue weighted by atomic mass is 16.6. The van der Waals surface area contributed by atoms with Gasteiger partial charge >= 0.3 is 0 Å². The molecule has 10 heavy (non-hydrogen) atoms. The van der Waals surface area contributed by atoms with Gasteiger partial charge in [-0.25, -0.2) is 0 Å². The summed E-state index contributed by atoms with van der Waals surface area (Å²) in [4.78, 5) is 9.06. The molecule has 0 aromatic rings. The van der Waals surface area contributed by atoms with Crippen LogP contribution in [0.3, 0.4) is 0 Å². The normalized spacial score (nSPS) is 7.40. The number of aliphatic hydroxyl groups is 2. The van der Waals surface area contributed by atoms with Crippen molar-refractivity contribution in [2.45, 2.75) is 0 Å². The first-order chi connectivity index (χ1) is 4.83. The van der Waals surface area contributed by atoms with Crippen LogP contribution in [0.2, 0.25) is 0 Å². The Morgan fingerprint density at radius 2 is 2.00 bits per heavy atom. The average molecular weight is 148 g/mol. The first-order valence-electron chi connectivity index (χ1n) is 2.69. The van der Waals surface area contributed by atoms with Crippen LogP contribution in [0, 0.1) is 0 Å². The smallest absolute Gasteiger partial charge is 0.143 e. The molecule has 0 unspecified atom stereocenters. The molecule has 60 valence electrons. The van der Waals surface area contributed by atoms with Crippen LogP contribution in [0.5, 0.6) is 0 Å². The Morgan fingerprint density at radius 1 is 1.50 bits per heavy atom. The summed E-state index contributed by atoms with van der Waals surface area (Å²) in [6.07, 6.45) is 1.83. The highest BCUT2D eigenvalue weighted by molar-refractivity contribution is 5.63. The van der Waals surface area contributed by atoms with Gasteiger partial charge in [0.2, 0.25) is 0 Å². The minimum absolute atomic E-state index is 0.0272. The topological polar surface area (TPSA) is 66.8 Å². The standard InChI is InChI=1S/C3H8O3.C3H4O/c4-1-2-6-3-5;1-2-3-4/h4-5H,1-3H2;2-3H,1H2. The van der Waals surface area contributed by atoms with Crippen molar-refractivity contribution in [3.8, 4) is 0 Å². The average Bonchev–Trinajstić information content (AvgIpc) is 2.01. The number of rotatable bonds is 4. The predicted octanol–water partition coefficient (Wildman–Crippen LogP) is -0.684. The molecule has 0 atom stereocenters. The van der Waals surface area contributed by atoms with Crippen molar-refractivity contribution in [3.05, 3.63) is 12.7 Å². The third-order valence-corrected chi connectivity index (χ3v) is 0.423. The summed E-state index contributed by atoms with van der Waals surface area (Å²) in [5.74, 6) is 0. The first kappa shape index (κ1) is 12.0. The molecule has 0 saturated carbocycles. The zero-order valence-electron chi connectivity index (χ0n) is 5.69. The van der Waals surface area contributed by atoms with E-state index >= 15 is 0 Å². The van der Waals surface area contributed by atoms with E-state index in [-0.39, 0.29) is 20.0 Å². The minimum atomic E-state index is -0.305. The molecule has 0 fully saturated rings. The largest absolute Gasteiger partial charge is 0.394 e. The zero-order chi connectivity index (χ0) is 8.24. The quantitative estimate of drug-likeness (QED) is 0.240. The van der Waals surface area contributed by atoms with E-state index in [0.717, 1.165) is 0 Å². The van der Waals surface area contributed by atoms with Gasteiger partial charge in [-0.1, -0.05) is 6.58 Å². The molecule has 0 rings (SSSR count). The van der Waals surface area contributed by atoms with Crippen LogP contribution < -0.4 is 0 Å². The number of aliphatic hydroxyl groups excluding tert-OH is 2. The minimum Gasteiger partial charge on any atom is -0.394 e. The third kappa shape index (κ3) is 26.6. The molecule has 0 saturated heterocycles. The van der Waals surface area contributed by atoms with Gasteiger partial charge in [0.25, 0.3) is 0 Å². The first-order valence-corrected chi connectivity index (χ1v) is 2.69. The fourth-order valence-corrected chi connectivity index (χ4v) is 0.129. The van der Waals surface area contributed by atoms with Crippen molar-refractivity contribution in [3.63, 3.8) is 0 Å². The number of hydrogen-bond donors (Lipinski definition) is 2.